The number of anilines is 1. The van der Waals surface area contributed by atoms with Crippen molar-refractivity contribution in [3.8, 4) is 5.75 Å². The molecule has 0 aliphatic carbocycles. The molecule has 18 heavy (non-hydrogen) atoms. The van der Waals surface area contributed by atoms with Gasteiger partial charge < -0.3 is 10.5 Å². The molecule has 0 unspecified atom stereocenters. The topological polar surface area (TPSA) is 48.1 Å². The monoisotopic (exact) mass is 244 g/mol. The number of nitrogens with zero attached hydrogens (tertiary/aromatic N) is 1. The fraction of sp³-hybridized carbons (Fsp3) is 0.400. The van der Waals surface area contributed by atoms with Gasteiger partial charge in [-0.25, -0.2) is 0 Å². The van der Waals surface area contributed by atoms with Crippen LogP contribution in [0, 0.1) is 6.92 Å². The van der Waals surface area contributed by atoms with Gasteiger partial charge in [-0.15, -0.1) is 0 Å². The van der Waals surface area contributed by atoms with Crippen molar-refractivity contribution in [3.05, 3.63) is 29.5 Å². The maximum atomic E-state index is 6.20. The number of nitrogen functional groups attached to an aromatic ring is 1. The predicted octanol–water partition coefficient (Wildman–Crippen LogP) is 3.48. The zero-order valence-corrected chi connectivity index (χ0v) is 11.4. The summed E-state index contributed by atoms with van der Waals surface area (Å²) >= 11 is 0. The Labute approximate surface area is 108 Å². The van der Waals surface area contributed by atoms with E-state index in [0.717, 1.165) is 40.0 Å². The molecule has 0 aliphatic heterocycles. The number of aromatic nitrogens is 1. The summed E-state index contributed by atoms with van der Waals surface area (Å²) < 4.78 is 5.69. The molecule has 0 spiro atoms. The molecule has 0 bridgehead atoms. The highest BCUT2D eigenvalue weighted by molar-refractivity contribution is 5.93. The van der Waals surface area contributed by atoms with Gasteiger partial charge in [-0.2, -0.15) is 0 Å². The van der Waals surface area contributed by atoms with Crippen molar-refractivity contribution in [2.24, 2.45) is 0 Å². The summed E-state index contributed by atoms with van der Waals surface area (Å²) in [6.45, 7) is 8.14. The first-order valence-corrected chi connectivity index (χ1v) is 6.38. The van der Waals surface area contributed by atoms with E-state index in [-0.39, 0.29) is 6.10 Å². The number of hydrogen-bond donors (Lipinski definition) is 1. The third-order valence-electron chi connectivity index (χ3n) is 3.06. The number of aryl methyl sites for hydroxylation is 1. The lowest BCUT2D eigenvalue weighted by Gasteiger charge is -2.13. The Kier molecular flexibility index (Phi) is 3.41. The van der Waals surface area contributed by atoms with Gasteiger partial charge in [0.15, 0.2) is 0 Å². The van der Waals surface area contributed by atoms with Crippen LogP contribution in [0.1, 0.15) is 32.0 Å². The third-order valence-corrected chi connectivity index (χ3v) is 3.06. The Morgan fingerprint density at radius 1 is 1.33 bits per heavy atom. The maximum Gasteiger partial charge on any atom is 0.120 e. The molecule has 2 rings (SSSR count). The fourth-order valence-electron chi connectivity index (χ4n) is 2.10. The largest absolute Gasteiger partial charge is 0.491 e. The number of hydrogen-bond acceptors (Lipinski definition) is 3. The van der Waals surface area contributed by atoms with E-state index in [1.807, 2.05) is 39.0 Å². The van der Waals surface area contributed by atoms with Crippen LogP contribution < -0.4 is 10.5 Å². The van der Waals surface area contributed by atoms with E-state index in [9.17, 15) is 0 Å². The maximum absolute atomic E-state index is 6.20. The lowest BCUT2D eigenvalue weighted by atomic mass is 10.1. The van der Waals surface area contributed by atoms with E-state index in [1.54, 1.807) is 0 Å². The Morgan fingerprint density at radius 2 is 2.06 bits per heavy atom. The van der Waals surface area contributed by atoms with Gasteiger partial charge in [-0.3, -0.25) is 4.98 Å². The number of pyridine rings is 1. The normalized spacial score (nSPS) is 11.2. The van der Waals surface area contributed by atoms with E-state index in [1.165, 1.54) is 0 Å². The van der Waals surface area contributed by atoms with Crippen LogP contribution in [-0.2, 0) is 6.42 Å². The Morgan fingerprint density at radius 3 is 2.67 bits per heavy atom. The number of nitrogens with two attached hydrogens (primary N) is 1. The molecule has 1 aromatic heterocycles. The predicted molar refractivity (Wildman–Crippen MR) is 76.0 cm³/mol. The molecule has 0 radical (unpaired) electrons. The number of benzene rings is 1. The van der Waals surface area contributed by atoms with Gasteiger partial charge in [0.25, 0.3) is 0 Å². The molecule has 0 saturated heterocycles. The smallest absolute Gasteiger partial charge is 0.120 e. The van der Waals surface area contributed by atoms with E-state index in [0.29, 0.717) is 0 Å². The standard InChI is InChI=1S/C15H20N2O/c1-5-13-10(4)15(16)12-8-11(18-9(2)3)6-7-14(12)17-13/h6-9H,5H2,1-4H3,(H2,16,17). The van der Waals surface area contributed by atoms with Crippen LogP contribution in [-0.4, -0.2) is 11.1 Å². The summed E-state index contributed by atoms with van der Waals surface area (Å²) in [4.78, 5) is 4.64. The average molecular weight is 244 g/mol. The molecule has 3 nitrogen and oxygen atoms in total. The van der Waals surface area contributed by atoms with Crippen LogP contribution in [0.2, 0.25) is 0 Å². The summed E-state index contributed by atoms with van der Waals surface area (Å²) in [6.07, 6.45) is 1.06. The van der Waals surface area contributed by atoms with Gasteiger partial charge in [0.2, 0.25) is 0 Å². The summed E-state index contributed by atoms with van der Waals surface area (Å²) in [5.74, 6) is 0.842. The molecule has 2 aromatic rings. The highest BCUT2D eigenvalue weighted by atomic mass is 16.5. The van der Waals surface area contributed by atoms with Crippen molar-refractivity contribution in [3.63, 3.8) is 0 Å². The Bertz CT molecular complexity index is 576. The molecule has 0 saturated carbocycles. The van der Waals surface area contributed by atoms with Crippen LogP contribution in [0.25, 0.3) is 10.9 Å². The van der Waals surface area contributed by atoms with Gasteiger partial charge in [-0.1, -0.05) is 6.92 Å². The third kappa shape index (κ3) is 2.26. The van der Waals surface area contributed by atoms with Gasteiger partial charge >= 0.3 is 0 Å². The molecule has 2 N–H and O–H groups in total. The zero-order chi connectivity index (χ0) is 13.3. The molecule has 0 aliphatic rings. The molecule has 1 heterocycles. The van der Waals surface area contributed by atoms with Crippen LogP contribution in [0.15, 0.2) is 18.2 Å². The van der Waals surface area contributed by atoms with Gasteiger partial charge in [0.1, 0.15) is 5.75 Å². The minimum Gasteiger partial charge on any atom is -0.491 e. The first kappa shape index (κ1) is 12.7. The van der Waals surface area contributed by atoms with Crippen molar-refractivity contribution < 1.29 is 4.74 Å². The van der Waals surface area contributed by atoms with Gasteiger partial charge in [0.05, 0.1) is 11.6 Å². The minimum atomic E-state index is 0.160. The van der Waals surface area contributed by atoms with Crippen molar-refractivity contribution >= 4 is 16.6 Å². The van der Waals surface area contributed by atoms with Crippen molar-refractivity contribution in [1.29, 1.82) is 0 Å². The van der Waals surface area contributed by atoms with Crippen LogP contribution in [0.5, 0.6) is 5.75 Å². The second-order valence-corrected chi connectivity index (χ2v) is 4.80. The number of ether oxygens (including phenoxy) is 1. The molecule has 0 fully saturated rings. The quantitative estimate of drug-likeness (QED) is 0.899. The van der Waals surface area contributed by atoms with Crippen LogP contribution in [0.3, 0.4) is 0 Å². The van der Waals surface area contributed by atoms with Crippen LogP contribution in [0.4, 0.5) is 5.69 Å². The highest BCUT2D eigenvalue weighted by Gasteiger charge is 2.09. The number of fused-ring (bicyclic) bond motifs is 1. The molecular formula is C15H20N2O. The summed E-state index contributed by atoms with van der Waals surface area (Å²) in [6, 6.07) is 5.90. The molecule has 0 atom stereocenters. The van der Waals surface area contributed by atoms with Gasteiger partial charge in [-0.05, 0) is 51.0 Å². The van der Waals surface area contributed by atoms with E-state index in [4.69, 9.17) is 10.5 Å². The lowest BCUT2D eigenvalue weighted by molar-refractivity contribution is 0.243. The number of rotatable bonds is 3. The lowest BCUT2D eigenvalue weighted by Crippen LogP contribution is -2.06. The molecule has 96 valence electrons. The summed E-state index contributed by atoms with van der Waals surface area (Å²) in [5.41, 5.74) is 10.1. The molecule has 3 heteroatoms. The second kappa shape index (κ2) is 4.84. The second-order valence-electron chi connectivity index (χ2n) is 4.80. The van der Waals surface area contributed by atoms with Crippen molar-refractivity contribution in [2.75, 3.05) is 5.73 Å². The van der Waals surface area contributed by atoms with E-state index >= 15 is 0 Å². The fourth-order valence-corrected chi connectivity index (χ4v) is 2.10. The summed E-state index contributed by atoms with van der Waals surface area (Å²) in [7, 11) is 0. The average Bonchev–Trinajstić information content (AvgIpc) is 2.33. The Balaban J connectivity index is 2.59. The summed E-state index contributed by atoms with van der Waals surface area (Å²) in [5, 5.41) is 0.975. The molecule has 1 aromatic carbocycles. The Hall–Kier alpha value is -1.77. The first-order chi connectivity index (χ1) is 8.52. The van der Waals surface area contributed by atoms with Crippen LogP contribution >= 0.6 is 0 Å². The van der Waals surface area contributed by atoms with Crippen molar-refractivity contribution in [2.45, 2.75) is 40.2 Å². The first-order valence-electron chi connectivity index (χ1n) is 6.38. The minimum absolute atomic E-state index is 0.160. The molecular weight excluding hydrogens is 224 g/mol. The van der Waals surface area contributed by atoms with E-state index in [2.05, 4.69) is 11.9 Å². The van der Waals surface area contributed by atoms with Gasteiger partial charge in [0, 0.05) is 16.8 Å². The zero-order valence-electron chi connectivity index (χ0n) is 11.4. The highest BCUT2D eigenvalue weighted by Crippen LogP contribution is 2.29. The van der Waals surface area contributed by atoms with E-state index < -0.39 is 0 Å². The molecule has 0 amide bonds. The van der Waals surface area contributed by atoms with Crippen molar-refractivity contribution in [1.82, 2.24) is 4.98 Å². The SMILES string of the molecule is CCc1nc2ccc(OC(C)C)cc2c(N)c1C.